The highest BCUT2D eigenvalue weighted by Gasteiger charge is 2.26. The molecule has 0 atom stereocenters. The van der Waals surface area contributed by atoms with Crippen LogP contribution in [0.4, 0.5) is 0 Å². The molecule has 24 heavy (non-hydrogen) atoms. The predicted octanol–water partition coefficient (Wildman–Crippen LogP) is 5.49. The minimum Gasteiger partial charge on any atom is -0.260 e. The first-order valence-electron chi connectivity index (χ1n) is 8.23. The smallest absolute Gasteiger partial charge is 0.0541 e. The van der Waals surface area contributed by atoms with Crippen LogP contribution >= 0.6 is 0 Å². The standard InChI is InChI=1S/C23H19N/c1-3-16(2)20-10-5-4-8-18(20)9-6-7-17-11-12-19-14-23-22(15-24-23)21(19)13-17/h3-8,10-13,15H,1-2,9,14H2. The Hall–Kier alpha value is -2.93. The molecule has 4 rings (SSSR count). The third kappa shape index (κ3) is 2.48. The van der Waals surface area contributed by atoms with Crippen molar-refractivity contribution in [2.45, 2.75) is 12.8 Å². The molecule has 2 aromatic rings. The van der Waals surface area contributed by atoms with Gasteiger partial charge in [0.1, 0.15) is 0 Å². The molecule has 0 spiro atoms. The first kappa shape index (κ1) is 14.6. The second-order valence-electron chi connectivity index (χ2n) is 6.20. The Bertz CT molecular complexity index is 938. The monoisotopic (exact) mass is 309 g/mol. The summed E-state index contributed by atoms with van der Waals surface area (Å²) in [5, 5.41) is 0. The summed E-state index contributed by atoms with van der Waals surface area (Å²) < 4.78 is 0. The summed E-state index contributed by atoms with van der Waals surface area (Å²) in [5.41, 5.74) is 9.96. The lowest BCUT2D eigenvalue weighted by Gasteiger charge is -2.08. The lowest BCUT2D eigenvalue weighted by Crippen LogP contribution is -2.01. The highest BCUT2D eigenvalue weighted by molar-refractivity contribution is 6.32. The topological polar surface area (TPSA) is 12.4 Å². The Kier molecular flexibility index (Phi) is 3.62. The van der Waals surface area contributed by atoms with Crippen LogP contribution in [-0.4, -0.2) is 5.71 Å². The van der Waals surface area contributed by atoms with Crippen molar-refractivity contribution in [2.75, 3.05) is 0 Å². The minimum atomic E-state index is 0.884. The summed E-state index contributed by atoms with van der Waals surface area (Å²) in [6.45, 7) is 7.90. The molecule has 1 heteroatoms. The lowest BCUT2D eigenvalue weighted by atomic mass is 9.98. The van der Waals surface area contributed by atoms with E-state index in [2.05, 4.69) is 66.7 Å². The summed E-state index contributed by atoms with van der Waals surface area (Å²) in [6.07, 6.45) is 10.1. The summed E-state index contributed by atoms with van der Waals surface area (Å²) in [4.78, 5) is 4.33. The molecule has 1 heterocycles. The summed E-state index contributed by atoms with van der Waals surface area (Å²) in [7, 11) is 0. The van der Waals surface area contributed by atoms with Gasteiger partial charge in [0, 0.05) is 18.2 Å². The molecule has 1 nitrogen and oxygen atoms in total. The number of fused-ring (bicyclic) bond motifs is 3. The summed E-state index contributed by atoms with van der Waals surface area (Å²) in [5.74, 6) is 0. The Morgan fingerprint density at radius 1 is 1.17 bits per heavy atom. The molecule has 1 aliphatic heterocycles. The molecule has 0 bridgehead atoms. The van der Waals surface area contributed by atoms with Gasteiger partial charge in [-0.25, -0.2) is 0 Å². The SMILES string of the molecule is C=CC(=C)c1ccccc1CC=Cc1ccc2c(c1)C1=CN=C1C2. The van der Waals surface area contributed by atoms with Crippen molar-refractivity contribution in [3.05, 3.63) is 102 Å². The Morgan fingerprint density at radius 3 is 2.83 bits per heavy atom. The first-order valence-corrected chi connectivity index (χ1v) is 8.23. The van der Waals surface area contributed by atoms with Crippen LogP contribution in [0.1, 0.15) is 27.8 Å². The molecule has 116 valence electrons. The highest BCUT2D eigenvalue weighted by atomic mass is 14.8. The maximum Gasteiger partial charge on any atom is 0.0541 e. The van der Waals surface area contributed by atoms with E-state index in [1.807, 2.05) is 18.3 Å². The number of aliphatic imine (C=N–C) groups is 1. The van der Waals surface area contributed by atoms with Crippen molar-refractivity contribution in [1.82, 2.24) is 0 Å². The molecule has 0 aromatic heterocycles. The van der Waals surface area contributed by atoms with Gasteiger partial charge in [0.25, 0.3) is 0 Å². The number of hydrogen-bond donors (Lipinski definition) is 0. The molecule has 0 saturated heterocycles. The minimum absolute atomic E-state index is 0.884. The van der Waals surface area contributed by atoms with Crippen LogP contribution < -0.4 is 0 Å². The normalized spacial score (nSPS) is 14.5. The third-order valence-corrected chi connectivity index (χ3v) is 4.70. The highest BCUT2D eigenvalue weighted by Crippen LogP contribution is 2.35. The van der Waals surface area contributed by atoms with Gasteiger partial charge in [-0.1, -0.05) is 67.8 Å². The van der Waals surface area contributed by atoms with Crippen LogP contribution in [0, 0.1) is 0 Å². The first-order chi connectivity index (χ1) is 11.8. The third-order valence-electron chi connectivity index (χ3n) is 4.70. The molecular weight excluding hydrogens is 290 g/mol. The molecular formula is C23H19N. The van der Waals surface area contributed by atoms with Crippen LogP contribution in [-0.2, 0) is 12.8 Å². The van der Waals surface area contributed by atoms with E-state index in [9.17, 15) is 0 Å². The van der Waals surface area contributed by atoms with Crippen molar-refractivity contribution in [2.24, 2.45) is 4.99 Å². The van der Waals surface area contributed by atoms with E-state index in [0.29, 0.717) is 0 Å². The molecule has 2 aromatic carbocycles. The van der Waals surface area contributed by atoms with Crippen molar-refractivity contribution in [1.29, 1.82) is 0 Å². The number of benzene rings is 2. The molecule has 0 radical (unpaired) electrons. The van der Waals surface area contributed by atoms with Gasteiger partial charge in [-0.15, -0.1) is 0 Å². The van der Waals surface area contributed by atoms with Gasteiger partial charge in [-0.3, -0.25) is 4.99 Å². The fraction of sp³-hybridized carbons (Fsp3) is 0.0870. The van der Waals surface area contributed by atoms with E-state index in [-0.39, 0.29) is 0 Å². The lowest BCUT2D eigenvalue weighted by molar-refractivity contribution is 1.26. The molecule has 0 fully saturated rings. The summed E-state index contributed by atoms with van der Waals surface area (Å²) in [6, 6.07) is 15.1. The molecule has 0 amide bonds. The second-order valence-corrected chi connectivity index (χ2v) is 6.20. The zero-order valence-electron chi connectivity index (χ0n) is 13.6. The quantitative estimate of drug-likeness (QED) is 0.647. The van der Waals surface area contributed by atoms with Gasteiger partial charge < -0.3 is 0 Å². The fourth-order valence-electron chi connectivity index (χ4n) is 3.31. The van der Waals surface area contributed by atoms with E-state index in [0.717, 1.165) is 18.4 Å². The van der Waals surface area contributed by atoms with Crippen molar-refractivity contribution in [3.8, 4) is 0 Å². The van der Waals surface area contributed by atoms with E-state index >= 15 is 0 Å². The van der Waals surface area contributed by atoms with Gasteiger partial charge in [-0.05, 0) is 45.9 Å². The fourth-order valence-corrected chi connectivity index (χ4v) is 3.31. The molecule has 0 unspecified atom stereocenters. The average molecular weight is 309 g/mol. The van der Waals surface area contributed by atoms with Crippen molar-refractivity contribution < 1.29 is 0 Å². The van der Waals surface area contributed by atoms with Gasteiger partial charge >= 0.3 is 0 Å². The van der Waals surface area contributed by atoms with E-state index in [1.54, 1.807) is 0 Å². The number of hydrogen-bond acceptors (Lipinski definition) is 1. The van der Waals surface area contributed by atoms with Gasteiger partial charge in [0.2, 0.25) is 0 Å². The maximum absolute atomic E-state index is 4.33. The van der Waals surface area contributed by atoms with Crippen LogP contribution in [0.25, 0.3) is 17.2 Å². The van der Waals surface area contributed by atoms with Crippen LogP contribution in [0.15, 0.2) is 79.0 Å². The second kappa shape index (κ2) is 5.93. The average Bonchev–Trinajstić information content (AvgIpc) is 2.84. The molecule has 1 aliphatic carbocycles. The maximum atomic E-state index is 4.33. The molecule has 0 saturated carbocycles. The van der Waals surface area contributed by atoms with Crippen molar-refractivity contribution in [3.63, 3.8) is 0 Å². The molecule has 0 N–H and O–H groups in total. The zero-order valence-corrected chi connectivity index (χ0v) is 13.6. The van der Waals surface area contributed by atoms with Gasteiger partial charge in [-0.2, -0.15) is 0 Å². The largest absolute Gasteiger partial charge is 0.260 e. The van der Waals surface area contributed by atoms with Crippen LogP contribution in [0.5, 0.6) is 0 Å². The Labute approximate surface area is 143 Å². The number of rotatable bonds is 5. The van der Waals surface area contributed by atoms with E-state index < -0.39 is 0 Å². The van der Waals surface area contributed by atoms with Gasteiger partial charge in [0.05, 0.1) is 5.71 Å². The van der Waals surface area contributed by atoms with E-state index in [4.69, 9.17) is 0 Å². The summed E-state index contributed by atoms with van der Waals surface area (Å²) >= 11 is 0. The zero-order chi connectivity index (χ0) is 16.5. The number of nitrogens with zero attached hydrogens (tertiary/aromatic N) is 1. The Balaban J connectivity index is 1.53. The molecule has 2 aliphatic rings. The van der Waals surface area contributed by atoms with Crippen LogP contribution in [0.2, 0.25) is 0 Å². The van der Waals surface area contributed by atoms with Crippen molar-refractivity contribution >= 4 is 22.9 Å². The number of allylic oxidation sites excluding steroid dienone is 4. The van der Waals surface area contributed by atoms with Crippen LogP contribution in [0.3, 0.4) is 0 Å². The van der Waals surface area contributed by atoms with Gasteiger partial charge in [0.15, 0.2) is 0 Å². The Morgan fingerprint density at radius 2 is 2.04 bits per heavy atom. The van der Waals surface area contributed by atoms with E-state index in [1.165, 1.54) is 39.1 Å². The predicted molar refractivity (Wildman–Crippen MR) is 104 cm³/mol.